The van der Waals surface area contributed by atoms with Crippen LogP contribution in [0.1, 0.15) is 60.3 Å². The maximum atomic E-state index is 12.6. The SMILES string of the molecule is CCC1CC1N1C(=O)C(CC(C)C)NC1CC(C)C. The Labute approximate surface area is 118 Å². The van der Waals surface area contributed by atoms with Crippen LogP contribution in [0.15, 0.2) is 0 Å². The van der Waals surface area contributed by atoms with Crippen molar-refractivity contribution >= 4 is 5.91 Å². The number of rotatable bonds is 6. The van der Waals surface area contributed by atoms with Crippen LogP contribution in [0.5, 0.6) is 0 Å². The van der Waals surface area contributed by atoms with Crippen LogP contribution in [-0.2, 0) is 4.79 Å². The number of hydrogen-bond donors (Lipinski definition) is 1. The first-order valence-corrected chi connectivity index (χ1v) is 8.02. The number of nitrogens with one attached hydrogen (secondary N) is 1. The Morgan fingerprint density at radius 1 is 1.21 bits per heavy atom. The molecule has 1 N–H and O–H groups in total. The van der Waals surface area contributed by atoms with E-state index in [4.69, 9.17) is 0 Å². The Morgan fingerprint density at radius 3 is 2.32 bits per heavy atom. The van der Waals surface area contributed by atoms with E-state index in [9.17, 15) is 4.79 Å². The highest BCUT2D eigenvalue weighted by atomic mass is 16.2. The van der Waals surface area contributed by atoms with Crippen molar-refractivity contribution in [1.29, 1.82) is 0 Å². The normalized spacial score (nSPS) is 34.7. The molecule has 1 heterocycles. The van der Waals surface area contributed by atoms with Crippen LogP contribution in [0.25, 0.3) is 0 Å². The monoisotopic (exact) mass is 266 g/mol. The van der Waals surface area contributed by atoms with Crippen LogP contribution in [0.2, 0.25) is 0 Å². The molecule has 3 nitrogen and oxygen atoms in total. The molecule has 1 amide bonds. The zero-order chi connectivity index (χ0) is 14.2. The zero-order valence-electron chi connectivity index (χ0n) is 13.1. The Balaban J connectivity index is 2.05. The zero-order valence-corrected chi connectivity index (χ0v) is 13.1. The fraction of sp³-hybridized carbons (Fsp3) is 0.938. The Morgan fingerprint density at radius 2 is 1.84 bits per heavy atom. The number of carbonyl (C=O) groups excluding carboxylic acids is 1. The summed E-state index contributed by atoms with van der Waals surface area (Å²) >= 11 is 0. The third-order valence-electron chi connectivity index (χ3n) is 4.45. The summed E-state index contributed by atoms with van der Waals surface area (Å²) in [5.41, 5.74) is 0. The quantitative estimate of drug-likeness (QED) is 0.801. The van der Waals surface area contributed by atoms with Crippen LogP contribution in [0.3, 0.4) is 0 Å². The van der Waals surface area contributed by atoms with Crippen molar-refractivity contribution in [3.8, 4) is 0 Å². The van der Waals surface area contributed by atoms with Gasteiger partial charge in [-0.1, -0.05) is 41.0 Å². The highest BCUT2D eigenvalue weighted by Crippen LogP contribution is 2.41. The molecular weight excluding hydrogens is 236 g/mol. The van der Waals surface area contributed by atoms with Crippen molar-refractivity contribution in [3.05, 3.63) is 0 Å². The Bertz CT molecular complexity index is 327. The van der Waals surface area contributed by atoms with Crippen LogP contribution in [-0.4, -0.2) is 29.1 Å². The summed E-state index contributed by atoms with van der Waals surface area (Å²) in [6.45, 7) is 11.1. The predicted molar refractivity (Wildman–Crippen MR) is 78.7 cm³/mol. The van der Waals surface area contributed by atoms with Crippen molar-refractivity contribution in [1.82, 2.24) is 10.2 Å². The molecule has 2 rings (SSSR count). The van der Waals surface area contributed by atoms with E-state index in [0.29, 0.717) is 23.8 Å². The molecule has 0 aromatic carbocycles. The maximum Gasteiger partial charge on any atom is 0.241 e. The second kappa shape index (κ2) is 5.82. The highest BCUT2D eigenvalue weighted by Gasteiger charge is 2.50. The molecule has 4 unspecified atom stereocenters. The summed E-state index contributed by atoms with van der Waals surface area (Å²) in [6.07, 6.45) is 4.74. The van der Waals surface area contributed by atoms with Crippen molar-refractivity contribution < 1.29 is 4.79 Å². The van der Waals surface area contributed by atoms with Gasteiger partial charge in [0.05, 0.1) is 12.2 Å². The summed E-state index contributed by atoms with van der Waals surface area (Å²) < 4.78 is 0. The molecule has 3 heteroatoms. The number of carbonyl (C=O) groups is 1. The van der Waals surface area contributed by atoms with Gasteiger partial charge < -0.3 is 4.90 Å². The second-order valence-electron chi connectivity index (χ2n) is 7.21. The van der Waals surface area contributed by atoms with Crippen LogP contribution >= 0.6 is 0 Å². The van der Waals surface area contributed by atoms with E-state index in [1.165, 1.54) is 12.8 Å². The minimum absolute atomic E-state index is 0.0573. The van der Waals surface area contributed by atoms with E-state index in [1.807, 2.05) is 0 Å². The first-order chi connectivity index (χ1) is 8.93. The molecule has 1 saturated heterocycles. The molecule has 110 valence electrons. The van der Waals surface area contributed by atoms with Crippen LogP contribution in [0.4, 0.5) is 0 Å². The van der Waals surface area contributed by atoms with Gasteiger partial charge in [0, 0.05) is 6.04 Å². The van der Waals surface area contributed by atoms with Crippen molar-refractivity contribution in [2.24, 2.45) is 17.8 Å². The summed E-state index contributed by atoms with van der Waals surface area (Å²) in [4.78, 5) is 14.8. The summed E-state index contributed by atoms with van der Waals surface area (Å²) in [5, 5.41) is 3.60. The second-order valence-corrected chi connectivity index (χ2v) is 7.21. The van der Waals surface area contributed by atoms with Gasteiger partial charge in [0.25, 0.3) is 0 Å². The van der Waals surface area contributed by atoms with Gasteiger partial charge in [0.1, 0.15) is 0 Å². The van der Waals surface area contributed by atoms with Gasteiger partial charge >= 0.3 is 0 Å². The van der Waals surface area contributed by atoms with Crippen molar-refractivity contribution in [3.63, 3.8) is 0 Å². The molecule has 2 aliphatic rings. The molecule has 0 spiro atoms. The number of amides is 1. The Kier molecular flexibility index (Phi) is 4.54. The summed E-state index contributed by atoms with van der Waals surface area (Å²) in [6, 6.07) is 0.577. The molecular formula is C16H30N2O. The van der Waals surface area contributed by atoms with Crippen molar-refractivity contribution in [2.75, 3.05) is 0 Å². The highest BCUT2D eigenvalue weighted by molar-refractivity contribution is 5.85. The van der Waals surface area contributed by atoms with Gasteiger partial charge in [0.2, 0.25) is 5.91 Å². The lowest BCUT2D eigenvalue weighted by molar-refractivity contribution is -0.131. The lowest BCUT2D eigenvalue weighted by Crippen LogP contribution is -2.40. The molecule has 4 atom stereocenters. The average Bonchev–Trinajstić information content (AvgIpc) is 3.00. The van der Waals surface area contributed by atoms with Crippen LogP contribution < -0.4 is 5.32 Å². The number of hydrogen-bond acceptors (Lipinski definition) is 2. The molecule has 1 aliphatic carbocycles. The predicted octanol–water partition coefficient (Wildman–Crippen LogP) is 3.00. The van der Waals surface area contributed by atoms with Gasteiger partial charge in [0.15, 0.2) is 0 Å². The van der Waals surface area contributed by atoms with Gasteiger partial charge in [-0.15, -0.1) is 0 Å². The fourth-order valence-corrected chi connectivity index (χ4v) is 3.39. The van der Waals surface area contributed by atoms with E-state index in [0.717, 1.165) is 18.8 Å². The third-order valence-corrected chi connectivity index (χ3v) is 4.45. The molecule has 0 aromatic rings. The largest absolute Gasteiger partial charge is 0.323 e. The summed E-state index contributed by atoms with van der Waals surface area (Å²) in [5.74, 6) is 2.31. The molecule has 1 saturated carbocycles. The van der Waals surface area contributed by atoms with E-state index in [2.05, 4.69) is 44.8 Å². The van der Waals surface area contributed by atoms with Gasteiger partial charge in [-0.25, -0.2) is 0 Å². The summed E-state index contributed by atoms with van der Waals surface area (Å²) in [7, 11) is 0. The molecule has 0 bridgehead atoms. The standard InChI is InChI=1S/C16H30N2O/c1-6-12-9-14(12)18-15(8-11(4)5)17-13(16(18)19)7-10(2)3/h10-15,17H,6-9H2,1-5H3. The Hall–Kier alpha value is -0.570. The minimum Gasteiger partial charge on any atom is -0.323 e. The smallest absolute Gasteiger partial charge is 0.241 e. The van der Waals surface area contributed by atoms with Gasteiger partial charge in [-0.2, -0.15) is 0 Å². The van der Waals surface area contributed by atoms with Crippen molar-refractivity contribution in [2.45, 2.75) is 78.6 Å². The first kappa shape index (κ1) is 14.8. The van der Waals surface area contributed by atoms with Crippen LogP contribution in [0, 0.1) is 17.8 Å². The van der Waals surface area contributed by atoms with E-state index < -0.39 is 0 Å². The van der Waals surface area contributed by atoms with Gasteiger partial charge in [-0.05, 0) is 37.0 Å². The molecule has 0 radical (unpaired) electrons. The average molecular weight is 266 g/mol. The minimum atomic E-state index is 0.0573. The first-order valence-electron chi connectivity index (χ1n) is 8.02. The van der Waals surface area contributed by atoms with E-state index in [1.54, 1.807) is 0 Å². The van der Waals surface area contributed by atoms with E-state index in [-0.39, 0.29) is 12.2 Å². The third kappa shape index (κ3) is 3.31. The maximum absolute atomic E-state index is 12.6. The topological polar surface area (TPSA) is 32.3 Å². The number of nitrogens with zero attached hydrogens (tertiary/aromatic N) is 1. The molecule has 1 aliphatic heterocycles. The molecule has 0 aromatic heterocycles. The fourth-order valence-electron chi connectivity index (χ4n) is 3.39. The lowest BCUT2D eigenvalue weighted by atomic mass is 10.0. The molecule has 19 heavy (non-hydrogen) atoms. The van der Waals surface area contributed by atoms with E-state index >= 15 is 0 Å². The lowest BCUT2D eigenvalue weighted by Gasteiger charge is -2.26. The van der Waals surface area contributed by atoms with Gasteiger partial charge in [-0.3, -0.25) is 10.1 Å². The molecule has 2 fully saturated rings.